The quantitative estimate of drug-likeness (QED) is 0.656. The molecule has 0 aliphatic rings. The molecule has 1 aromatic carbocycles. The van der Waals surface area contributed by atoms with Crippen LogP contribution in [0.1, 0.15) is 5.56 Å². The molecule has 0 aliphatic carbocycles. The molecule has 78 valence electrons. The Labute approximate surface area is 79.2 Å². The highest BCUT2D eigenvalue weighted by Crippen LogP contribution is 2.23. The number of halogens is 2. The Morgan fingerprint density at radius 1 is 1.14 bits per heavy atom. The highest BCUT2D eigenvalue weighted by Gasteiger charge is 2.30. The molecule has 5 heteroatoms. The molecule has 0 saturated heterocycles. The van der Waals surface area contributed by atoms with Crippen LogP contribution >= 0.6 is 0 Å². The van der Waals surface area contributed by atoms with E-state index in [2.05, 4.69) is 0 Å². The van der Waals surface area contributed by atoms with E-state index in [4.69, 9.17) is 10.2 Å². The summed E-state index contributed by atoms with van der Waals surface area (Å²) in [4.78, 5) is 0. The van der Waals surface area contributed by atoms with Crippen molar-refractivity contribution in [1.29, 1.82) is 0 Å². The molecule has 0 unspecified atom stereocenters. The molecule has 0 amide bonds. The zero-order valence-corrected chi connectivity index (χ0v) is 7.24. The minimum atomic E-state index is -2.07. The van der Waals surface area contributed by atoms with Gasteiger partial charge >= 0.3 is 0 Å². The Morgan fingerprint density at radius 3 is 2.14 bits per heavy atom. The normalized spacial score (nSPS) is 11.8. The minimum Gasteiger partial charge on any atom is -0.393 e. The summed E-state index contributed by atoms with van der Waals surface area (Å²) in [6.45, 7) is -1.68. The van der Waals surface area contributed by atoms with Crippen molar-refractivity contribution < 1.29 is 24.1 Å². The molecular weight excluding hydrogens is 194 g/mol. The molecule has 3 nitrogen and oxygen atoms in total. The van der Waals surface area contributed by atoms with Crippen molar-refractivity contribution in [3.8, 4) is 0 Å². The van der Waals surface area contributed by atoms with Gasteiger partial charge < -0.3 is 15.3 Å². The van der Waals surface area contributed by atoms with E-state index in [1.54, 1.807) is 0 Å². The zero-order valence-electron chi connectivity index (χ0n) is 7.24. The molecule has 1 rings (SSSR count). The van der Waals surface area contributed by atoms with Crippen LogP contribution in [0.2, 0.25) is 0 Å². The van der Waals surface area contributed by atoms with E-state index in [1.807, 2.05) is 0 Å². The van der Waals surface area contributed by atoms with Crippen LogP contribution in [0.5, 0.6) is 0 Å². The Kier molecular flexibility index (Phi) is 3.15. The summed E-state index contributed by atoms with van der Waals surface area (Å²) >= 11 is 0. The average molecular weight is 204 g/mol. The topological polar surface area (TPSA) is 60.7 Å². The van der Waals surface area contributed by atoms with Crippen molar-refractivity contribution in [2.75, 3.05) is 13.2 Å². The van der Waals surface area contributed by atoms with Crippen LogP contribution in [-0.2, 0) is 5.60 Å². The van der Waals surface area contributed by atoms with Crippen LogP contribution in [0.3, 0.4) is 0 Å². The number of aliphatic hydroxyl groups excluding tert-OH is 2. The maximum absolute atomic E-state index is 13.1. The maximum atomic E-state index is 13.1. The molecule has 0 fully saturated rings. The third-order valence-electron chi connectivity index (χ3n) is 1.96. The molecular formula is C9H10F2O3. The predicted octanol–water partition coefficient (Wildman–Crippen LogP) is 0.137. The second-order valence-electron chi connectivity index (χ2n) is 2.97. The van der Waals surface area contributed by atoms with Gasteiger partial charge in [0.25, 0.3) is 0 Å². The van der Waals surface area contributed by atoms with Gasteiger partial charge in [0.1, 0.15) is 17.2 Å². The molecule has 3 N–H and O–H groups in total. The van der Waals surface area contributed by atoms with Crippen molar-refractivity contribution >= 4 is 0 Å². The first kappa shape index (κ1) is 11.0. The molecule has 0 spiro atoms. The van der Waals surface area contributed by atoms with Crippen LogP contribution in [0.25, 0.3) is 0 Å². The van der Waals surface area contributed by atoms with Gasteiger partial charge in [-0.1, -0.05) is 6.07 Å². The van der Waals surface area contributed by atoms with Gasteiger partial charge in [-0.15, -0.1) is 0 Å². The summed E-state index contributed by atoms with van der Waals surface area (Å²) in [6.07, 6.45) is 0. The SMILES string of the molecule is OCC(O)(CO)c1ccc(F)cc1F. The fraction of sp³-hybridized carbons (Fsp3) is 0.333. The number of rotatable bonds is 3. The summed E-state index contributed by atoms with van der Waals surface area (Å²) in [6, 6.07) is 2.50. The van der Waals surface area contributed by atoms with E-state index in [1.165, 1.54) is 0 Å². The van der Waals surface area contributed by atoms with Gasteiger partial charge in [-0.3, -0.25) is 0 Å². The van der Waals surface area contributed by atoms with Crippen molar-refractivity contribution in [3.63, 3.8) is 0 Å². The highest BCUT2D eigenvalue weighted by atomic mass is 19.1. The number of hydrogen-bond acceptors (Lipinski definition) is 3. The lowest BCUT2D eigenvalue weighted by Gasteiger charge is -2.23. The molecule has 0 aromatic heterocycles. The maximum Gasteiger partial charge on any atom is 0.138 e. The van der Waals surface area contributed by atoms with Gasteiger partial charge in [-0.25, -0.2) is 8.78 Å². The zero-order chi connectivity index (χ0) is 10.8. The first-order chi connectivity index (χ1) is 6.53. The first-order valence-corrected chi connectivity index (χ1v) is 3.93. The smallest absolute Gasteiger partial charge is 0.138 e. The van der Waals surface area contributed by atoms with Crippen molar-refractivity contribution in [2.45, 2.75) is 5.60 Å². The predicted molar refractivity (Wildman–Crippen MR) is 44.4 cm³/mol. The second kappa shape index (κ2) is 4.00. The van der Waals surface area contributed by atoms with Crippen molar-refractivity contribution in [3.05, 3.63) is 35.4 Å². The average Bonchev–Trinajstić information content (AvgIpc) is 2.17. The van der Waals surface area contributed by atoms with Gasteiger partial charge in [-0.2, -0.15) is 0 Å². The highest BCUT2D eigenvalue weighted by molar-refractivity contribution is 5.25. The van der Waals surface area contributed by atoms with E-state index < -0.39 is 30.4 Å². The standard InChI is InChI=1S/C9H10F2O3/c10-6-1-2-7(8(11)3-6)9(14,4-12)5-13/h1-3,12-14H,4-5H2. The summed E-state index contributed by atoms with van der Waals surface area (Å²) < 4.78 is 25.6. The molecule has 0 aliphatic heterocycles. The fourth-order valence-electron chi connectivity index (χ4n) is 1.09. The van der Waals surface area contributed by atoms with Gasteiger partial charge in [-0.05, 0) is 6.07 Å². The van der Waals surface area contributed by atoms with Crippen molar-refractivity contribution in [1.82, 2.24) is 0 Å². The van der Waals surface area contributed by atoms with Crippen LogP contribution in [0.4, 0.5) is 8.78 Å². The second-order valence-corrected chi connectivity index (χ2v) is 2.97. The van der Waals surface area contributed by atoms with Crippen molar-refractivity contribution in [2.24, 2.45) is 0 Å². The summed E-state index contributed by atoms with van der Waals surface area (Å²) in [5.41, 5.74) is -2.40. The largest absolute Gasteiger partial charge is 0.393 e. The number of aliphatic hydroxyl groups is 3. The van der Waals surface area contributed by atoms with Crippen LogP contribution in [-0.4, -0.2) is 28.5 Å². The monoisotopic (exact) mass is 204 g/mol. The lowest BCUT2D eigenvalue weighted by atomic mass is 9.95. The molecule has 0 heterocycles. The van der Waals surface area contributed by atoms with E-state index in [-0.39, 0.29) is 5.56 Å². The van der Waals surface area contributed by atoms with Gasteiger partial charge in [0.15, 0.2) is 0 Å². The number of hydrogen-bond donors (Lipinski definition) is 3. The molecule has 0 bridgehead atoms. The fourth-order valence-corrected chi connectivity index (χ4v) is 1.09. The Balaban J connectivity index is 3.17. The lowest BCUT2D eigenvalue weighted by molar-refractivity contribution is -0.0621. The molecule has 0 radical (unpaired) electrons. The van der Waals surface area contributed by atoms with Gasteiger partial charge in [0.05, 0.1) is 13.2 Å². The Morgan fingerprint density at radius 2 is 1.71 bits per heavy atom. The Bertz CT molecular complexity index is 324. The Hall–Kier alpha value is -1.04. The van der Waals surface area contributed by atoms with Crippen LogP contribution in [0, 0.1) is 11.6 Å². The molecule has 0 atom stereocenters. The number of benzene rings is 1. The summed E-state index contributed by atoms with van der Waals surface area (Å²) in [5.74, 6) is -1.79. The summed E-state index contributed by atoms with van der Waals surface area (Å²) in [7, 11) is 0. The third-order valence-corrected chi connectivity index (χ3v) is 1.96. The molecule has 1 aromatic rings. The third kappa shape index (κ3) is 1.89. The summed E-state index contributed by atoms with van der Waals surface area (Å²) in [5, 5.41) is 27.0. The van der Waals surface area contributed by atoms with Gasteiger partial charge in [0, 0.05) is 11.6 Å². The van der Waals surface area contributed by atoms with E-state index >= 15 is 0 Å². The molecule has 14 heavy (non-hydrogen) atoms. The first-order valence-electron chi connectivity index (χ1n) is 3.93. The van der Waals surface area contributed by atoms with E-state index in [0.717, 1.165) is 12.1 Å². The lowest BCUT2D eigenvalue weighted by Crippen LogP contribution is -2.35. The minimum absolute atomic E-state index is 0.330. The van der Waals surface area contributed by atoms with Crippen LogP contribution < -0.4 is 0 Å². The molecule has 0 saturated carbocycles. The van der Waals surface area contributed by atoms with Gasteiger partial charge in [0.2, 0.25) is 0 Å². The van der Waals surface area contributed by atoms with Crippen LogP contribution in [0.15, 0.2) is 18.2 Å². The van der Waals surface area contributed by atoms with E-state index in [9.17, 15) is 13.9 Å². The van der Waals surface area contributed by atoms with E-state index in [0.29, 0.717) is 6.07 Å².